The lowest BCUT2D eigenvalue weighted by atomic mass is 9.86. The minimum Gasteiger partial charge on any atom is -0.497 e. The predicted molar refractivity (Wildman–Crippen MR) is 74.1 cm³/mol. The SMILES string of the molecule is COc1cc(C(C)(C)C)c2oc(C(C)N)cc2c1. The third-order valence-corrected chi connectivity index (χ3v) is 3.10. The molecule has 0 aliphatic rings. The zero-order valence-electron chi connectivity index (χ0n) is 11.7. The Labute approximate surface area is 108 Å². The molecule has 0 bridgehead atoms. The van der Waals surface area contributed by atoms with Crippen molar-refractivity contribution in [1.82, 2.24) is 0 Å². The minimum absolute atomic E-state index is 0.000248. The first kappa shape index (κ1) is 13.0. The standard InChI is InChI=1S/C15H21NO2/c1-9(16)13-7-10-6-11(17-5)8-12(14(10)18-13)15(2,3)4/h6-9H,16H2,1-5H3. The van der Waals surface area contributed by atoms with Crippen molar-refractivity contribution in [3.63, 3.8) is 0 Å². The monoisotopic (exact) mass is 247 g/mol. The van der Waals surface area contributed by atoms with Crippen LogP contribution in [0.3, 0.4) is 0 Å². The number of rotatable bonds is 2. The molecule has 2 rings (SSSR count). The largest absolute Gasteiger partial charge is 0.497 e. The van der Waals surface area contributed by atoms with Gasteiger partial charge >= 0.3 is 0 Å². The molecule has 18 heavy (non-hydrogen) atoms. The van der Waals surface area contributed by atoms with E-state index in [1.807, 2.05) is 25.1 Å². The van der Waals surface area contributed by atoms with Crippen molar-refractivity contribution < 1.29 is 9.15 Å². The molecule has 0 aliphatic carbocycles. The summed E-state index contributed by atoms with van der Waals surface area (Å²) in [6, 6.07) is 5.92. The van der Waals surface area contributed by atoms with Crippen LogP contribution in [-0.4, -0.2) is 7.11 Å². The van der Waals surface area contributed by atoms with Gasteiger partial charge in [-0.05, 0) is 30.5 Å². The molecule has 3 nitrogen and oxygen atoms in total. The van der Waals surface area contributed by atoms with Crippen LogP contribution in [0.25, 0.3) is 11.0 Å². The van der Waals surface area contributed by atoms with Gasteiger partial charge in [0.15, 0.2) is 0 Å². The van der Waals surface area contributed by atoms with E-state index in [2.05, 4.69) is 20.8 Å². The lowest BCUT2D eigenvalue weighted by Crippen LogP contribution is -2.11. The second-order valence-electron chi connectivity index (χ2n) is 5.78. The lowest BCUT2D eigenvalue weighted by molar-refractivity contribution is 0.413. The molecule has 1 atom stereocenters. The van der Waals surface area contributed by atoms with E-state index in [0.29, 0.717) is 0 Å². The molecular formula is C15H21NO2. The fraction of sp³-hybridized carbons (Fsp3) is 0.467. The normalized spacial score (nSPS) is 13.9. The van der Waals surface area contributed by atoms with Crippen LogP contribution in [0, 0.1) is 0 Å². The topological polar surface area (TPSA) is 48.4 Å². The Bertz CT molecular complexity index is 562. The first-order valence-electron chi connectivity index (χ1n) is 6.20. The molecule has 98 valence electrons. The highest BCUT2D eigenvalue weighted by atomic mass is 16.5. The average molecular weight is 247 g/mol. The zero-order valence-corrected chi connectivity index (χ0v) is 11.7. The number of furan rings is 1. The highest BCUT2D eigenvalue weighted by Crippen LogP contribution is 2.36. The molecule has 0 aliphatic heterocycles. The van der Waals surface area contributed by atoms with E-state index in [1.165, 1.54) is 0 Å². The van der Waals surface area contributed by atoms with E-state index in [1.54, 1.807) is 7.11 Å². The average Bonchev–Trinajstić information content (AvgIpc) is 2.69. The van der Waals surface area contributed by atoms with Gasteiger partial charge in [0.25, 0.3) is 0 Å². The Morgan fingerprint density at radius 1 is 1.22 bits per heavy atom. The lowest BCUT2D eigenvalue weighted by Gasteiger charge is -2.20. The summed E-state index contributed by atoms with van der Waals surface area (Å²) in [5.41, 5.74) is 7.94. The van der Waals surface area contributed by atoms with E-state index in [9.17, 15) is 0 Å². The van der Waals surface area contributed by atoms with Crippen LogP contribution in [0.15, 0.2) is 22.6 Å². The summed E-state index contributed by atoms with van der Waals surface area (Å²) in [6.45, 7) is 8.41. The van der Waals surface area contributed by atoms with Crippen LogP contribution in [0.2, 0.25) is 0 Å². The summed E-state index contributed by atoms with van der Waals surface area (Å²) in [5.74, 6) is 1.66. The van der Waals surface area contributed by atoms with Gasteiger partial charge in [0.2, 0.25) is 0 Å². The van der Waals surface area contributed by atoms with Crippen molar-refractivity contribution in [3.05, 3.63) is 29.5 Å². The van der Waals surface area contributed by atoms with Crippen LogP contribution in [-0.2, 0) is 5.41 Å². The van der Waals surface area contributed by atoms with E-state index < -0.39 is 0 Å². The maximum absolute atomic E-state index is 5.91. The molecule has 0 spiro atoms. The Hall–Kier alpha value is -1.48. The van der Waals surface area contributed by atoms with E-state index in [0.717, 1.165) is 28.0 Å². The number of methoxy groups -OCH3 is 1. The fourth-order valence-corrected chi connectivity index (χ4v) is 2.04. The van der Waals surface area contributed by atoms with E-state index in [-0.39, 0.29) is 11.5 Å². The van der Waals surface area contributed by atoms with E-state index in [4.69, 9.17) is 14.9 Å². The summed E-state index contributed by atoms with van der Waals surface area (Å²) in [5, 5.41) is 1.05. The molecule has 1 unspecified atom stereocenters. The maximum atomic E-state index is 5.91. The number of fused-ring (bicyclic) bond motifs is 1. The first-order chi connectivity index (χ1) is 8.32. The predicted octanol–water partition coefficient (Wildman–Crippen LogP) is 3.76. The Balaban J connectivity index is 2.73. The summed E-state index contributed by atoms with van der Waals surface area (Å²) in [6.07, 6.45) is 0. The number of nitrogens with two attached hydrogens (primary N) is 1. The second-order valence-corrected chi connectivity index (χ2v) is 5.78. The second kappa shape index (κ2) is 4.32. The number of benzene rings is 1. The highest BCUT2D eigenvalue weighted by Gasteiger charge is 2.22. The summed E-state index contributed by atoms with van der Waals surface area (Å²) >= 11 is 0. The fourth-order valence-electron chi connectivity index (χ4n) is 2.04. The smallest absolute Gasteiger partial charge is 0.138 e. The molecule has 0 saturated heterocycles. The van der Waals surface area contributed by atoms with Gasteiger partial charge in [-0.3, -0.25) is 0 Å². The van der Waals surface area contributed by atoms with Crippen molar-refractivity contribution in [2.75, 3.05) is 7.11 Å². The van der Waals surface area contributed by atoms with Gasteiger partial charge in [-0.15, -0.1) is 0 Å². The Kier molecular flexibility index (Phi) is 3.11. The minimum atomic E-state index is -0.101. The molecule has 0 radical (unpaired) electrons. The summed E-state index contributed by atoms with van der Waals surface area (Å²) < 4.78 is 11.3. The third kappa shape index (κ3) is 2.23. The van der Waals surface area contributed by atoms with Gasteiger partial charge in [-0.25, -0.2) is 0 Å². The molecule has 3 heteroatoms. The molecule has 2 aromatic rings. The zero-order chi connectivity index (χ0) is 13.5. The molecule has 1 aromatic carbocycles. The van der Waals surface area contributed by atoms with Crippen LogP contribution < -0.4 is 10.5 Å². The maximum Gasteiger partial charge on any atom is 0.138 e. The highest BCUT2D eigenvalue weighted by molar-refractivity contribution is 5.84. The molecule has 0 fully saturated rings. The van der Waals surface area contributed by atoms with Crippen molar-refractivity contribution in [1.29, 1.82) is 0 Å². The molecule has 2 N–H and O–H groups in total. The van der Waals surface area contributed by atoms with Gasteiger partial charge < -0.3 is 14.9 Å². The van der Waals surface area contributed by atoms with Gasteiger partial charge in [0, 0.05) is 10.9 Å². The Morgan fingerprint density at radius 3 is 2.39 bits per heavy atom. The number of ether oxygens (including phenoxy) is 1. The van der Waals surface area contributed by atoms with Crippen LogP contribution in [0.5, 0.6) is 5.75 Å². The Morgan fingerprint density at radius 2 is 1.89 bits per heavy atom. The summed E-state index contributed by atoms with van der Waals surface area (Å²) in [4.78, 5) is 0. The number of hydrogen-bond donors (Lipinski definition) is 1. The van der Waals surface area contributed by atoms with Crippen molar-refractivity contribution in [3.8, 4) is 5.75 Å². The van der Waals surface area contributed by atoms with Crippen molar-refractivity contribution in [2.45, 2.75) is 39.2 Å². The van der Waals surface area contributed by atoms with Gasteiger partial charge in [0.05, 0.1) is 13.2 Å². The molecule has 0 saturated carbocycles. The quantitative estimate of drug-likeness (QED) is 0.879. The van der Waals surface area contributed by atoms with E-state index >= 15 is 0 Å². The van der Waals surface area contributed by atoms with Crippen molar-refractivity contribution >= 4 is 11.0 Å². The molecule has 1 heterocycles. The third-order valence-electron chi connectivity index (χ3n) is 3.10. The molecular weight excluding hydrogens is 226 g/mol. The van der Waals surface area contributed by atoms with Gasteiger partial charge in [-0.2, -0.15) is 0 Å². The van der Waals surface area contributed by atoms with Gasteiger partial charge in [-0.1, -0.05) is 20.8 Å². The summed E-state index contributed by atoms with van der Waals surface area (Å²) in [7, 11) is 1.68. The van der Waals surface area contributed by atoms with Crippen molar-refractivity contribution in [2.24, 2.45) is 5.73 Å². The van der Waals surface area contributed by atoms with Crippen LogP contribution in [0.4, 0.5) is 0 Å². The van der Waals surface area contributed by atoms with Crippen LogP contribution in [0.1, 0.15) is 45.1 Å². The molecule has 1 aromatic heterocycles. The molecule has 0 amide bonds. The number of hydrogen-bond acceptors (Lipinski definition) is 3. The first-order valence-corrected chi connectivity index (χ1v) is 6.20. The van der Waals surface area contributed by atoms with Crippen LogP contribution >= 0.6 is 0 Å². The van der Waals surface area contributed by atoms with Gasteiger partial charge in [0.1, 0.15) is 17.1 Å².